The Labute approximate surface area is 186 Å². The molecule has 7 nitrogen and oxygen atoms in total. The van der Waals surface area contributed by atoms with Gasteiger partial charge in [0.1, 0.15) is 5.54 Å². The zero-order valence-corrected chi connectivity index (χ0v) is 18.5. The van der Waals surface area contributed by atoms with Crippen LogP contribution in [0.25, 0.3) is 0 Å². The molecule has 3 aliphatic heterocycles. The molecule has 3 fully saturated rings. The van der Waals surface area contributed by atoms with E-state index in [9.17, 15) is 19.5 Å². The van der Waals surface area contributed by atoms with Crippen LogP contribution < -0.4 is 10.6 Å². The molecule has 1 spiro atoms. The first kappa shape index (κ1) is 20.9. The third-order valence-electron chi connectivity index (χ3n) is 7.60. The van der Waals surface area contributed by atoms with Crippen molar-refractivity contribution in [3.8, 4) is 0 Å². The van der Waals surface area contributed by atoms with Crippen LogP contribution in [0, 0.1) is 18.8 Å². The van der Waals surface area contributed by atoms with Gasteiger partial charge in [-0.3, -0.25) is 24.6 Å². The van der Waals surface area contributed by atoms with Gasteiger partial charge in [-0.15, -0.1) is 0 Å². The highest BCUT2D eigenvalue weighted by molar-refractivity contribution is 6.35. The maximum absolute atomic E-state index is 13.8. The number of nitrogens with zero attached hydrogens (tertiary/aromatic N) is 1. The van der Waals surface area contributed by atoms with E-state index in [2.05, 4.69) is 10.6 Å². The third kappa shape index (κ3) is 2.82. The molecular weight excluding hydrogens is 418 g/mol. The fraction of sp³-hybridized carbons (Fsp3) is 0.609. The largest absolute Gasteiger partial charge is 0.392 e. The number of aliphatic hydroxyl groups excluding tert-OH is 1. The van der Waals surface area contributed by atoms with Crippen molar-refractivity contribution in [2.24, 2.45) is 11.8 Å². The third-order valence-corrected chi connectivity index (χ3v) is 7.90. The van der Waals surface area contributed by atoms with E-state index >= 15 is 0 Å². The highest BCUT2D eigenvalue weighted by Crippen LogP contribution is 2.55. The van der Waals surface area contributed by atoms with Gasteiger partial charge in [-0.1, -0.05) is 43.4 Å². The minimum atomic E-state index is -1.41. The second kappa shape index (κ2) is 7.29. The number of carbonyl (C=O) groups is 3. The molecule has 1 aromatic rings. The number of benzene rings is 1. The summed E-state index contributed by atoms with van der Waals surface area (Å²) in [5.41, 5.74) is 0.507. The Kier molecular flexibility index (Phi) is 4.92. The normalized spacial score (nSPS) is 34.1. The minimum Gasteiger partial charge on any atom is -0.392 e. The molecular formula is C23H28ClN3O4. The number of fused-ring (bicyclic) bond motifs is 4. The summed E-state index contributed by atoms with van der Waals surface area (Å²) in [4.78, 5) is 42.3. The van der Waals surface area contributed by atoms with Crippen LogP contribution in [0.1, 0.15) is 56.6 Å². The number of hydrogen-bond acceptors (Lipinski definition) is 5. The van der Waals surface area contributed by atoms with Crippen LogP contribution in [0.4, 0.5) is 5.69 Å². The Morgan fingerprint density at radius 3 is 2.45 bits per heavy atom. The molecule has 31 heavy (non-hydrogen) atoms. The number of imide groups is 1. The Morgan fingerprint density at radius 1 is 1.13 bits per heavy atom. The van der Waals surface area contributed by atoms with E-state index in [0.29, 0.717) is 16.3 Å². The summed E-state index contributed by atoms with van der Waals surface area (Å²) in [5.74, 6) is -2.65. The number of amides is 3. The lowest BCUT2D eigenvalue weighted by molar-refractivity contribution is -0.146. The molecule has 8 heteroatoms. The number of aliphatic hydroxyl groups is 1. The average molecular weight is 446 g/mol. The molecule has 0 unspecified atom stereocenters. The summed E-state index contributed by atoms with van der Waals surface area (Å²) < 4.78 is 0. The Bertz CT molecular complexity index is 972. The molecule has 166 valence electrons. The average Bonchev–Trinajstić information content (AvgIpc) is 3.18. The molecule has 1 aliphatic carbocycles. The topological polar surface area (TPSA) is 98.7 Å². The van der Waals surface area contributed by atoms with Gasteiger partial charge in [-0.25, -0.2) is 0 Å². The summed E-state index contributed by atoms with van der Waals surface area (Å²) in [6.07, 6.45) is 4.87. The lowest BCUT2D eigenvalue weighted by Gasteiger charge is -2.32. The van der Waals surface area contributed by atoms with Gasteiger partial charge in [0.15, 0.2) is 0 Å². The van der Waals surface area contributed by atoms with Gasteiger partial charge in [0.2, 0.25) is 17.7 Å². The van der Waals surface area contributed by atoms with Crippen molar-refractivity contribution >= 4 is 35.0 Å². The molecule has 3 heterocycles. The van der Waals surface area contributed by atoms with Gasteiger partial charge in [0, 0.05) is 17.6 Å². The van der Waals surface area contributed by atoms with E-state index in [1.165, 1.54) is 4.90 Å². The van der Waals surface area contributed by atoms with Gasteiger partial charge in [-0.05, 0) is 38.3 Å². The predicted octanol–water partition coefficient (Wildman–Crippen LogP) is 2.47. The van der Waals surface area contributed by atoms with Crippen LogP contribution >= 0.6 is 11.6 Å². The SMILES string of the molecule is Cc1cc(Cl)c2c(c1)[C@]1(N[C@H]([C@@H](C)O)[C@H]3C(=O)N(C4CCCCCC4)C(=O)[C@H]31)C(=O)N2. The highest BCUT2D eigenvalue weighted by atomic mass is 35.5. The Balaban J connectivity index is 1.65. The molecule has 0 radical (unpaired) electrons. The molecule has 4 aliphatic rings. The number of likely N-dealkylation sites (tertiary alicyclic amines) is 1. The number of carbonyl (C=O) groups excluding carboxylic acids is 3. The lowest BCUT2D eigenvalue weighted by atomic mass is 9.76. The monoisotopic (exact) mass is 445 g/mol. The second-order valence-corrected chi connectivity index (χ2v) is 9.94. The van der Waals surface area contributed by atoms with Crippen molar-refractivity contribution in [2.75, 3.05) is 5.32 Å². The minimum absolute atomic E-state index is 0.134. The van der Waals surface area contributed by atoms with Crippen molar-refractivity contribution in [1.82, 2.24) is 10.2 Å². The Hall–Kier alpha value is -1.96. The van der Waals surface area contributed by atoms with Gasteiger partial charge in [0.05, 0.1) is 28.6 Å². The quantitative estimate of drug-likeness (QED) is 0.480. The van der Waals surface area contributed by atoms with E-state index in [0.717, 1.165) is 44.1 Å². The molecule has 1 saturated carbocycles. The number of halogens is 1. The summed E-state index contributed by atoms with van der Waals surface area (Å²) in [7, 11) is 0. The first-order valence-corrected chi connectivity index (χ1v) is 11.6. The van der Waals surface area contributed by atoms with Crippen LogP contribution in [0.2, 0.25) is 5.02 Å². The smallest absolute Gasteiger partial charge is 0.250 e. The molecule has 2 saturated heterocycles. The van der Waals surface area contributed by atoms with Gasteiger partial charge in [-0.2, -0.15) is 0 Å². The molecule has 0 bridgehead atoms. The lowest BCUT2D eigenvalue weighted by Crippen LogP contribution is -2.55. The van der Waals surface area contributed by atoms with Crippen LogP contribution in [0.3, 0.4) is 0 Å². The molecule has 3 N–H and O–H groups in total. The standard InChI is InChI=1S/C23H28ClN3O4/c1-11-9-14-19(15(24)10-11)25-22(31)23(14)17-16(18(26-23)12(2)28)20(29)27(21(17)30)13-7-5-3-4-6-8-13/h9-10,12-13,16-18,26,28H,3-8H2,1-2H3,(H,25,31)/t12-,16+,17+,18-,23-/m1/s1. The van der Waals surface area contributed by atoms with Gasteiger partial charge >= 0.3 is 0 Å². The van der Waals surface area contributed by atoms with Crippen molar-refractivity contribution in [3.63, 3.8) is 0 Å². The van der Waals surface area contributed by atoms with Crippen molar-refractivity contribution in [1.29, 1.82) is 0 Å². The van der Waals surface area contributed by atoms with E-state index in [1.54, 1.807) is 13.0 Å². The number of nitrogens with one attached hydrogen (secondary N) is 2. The zero-order chi connectivity index (χ0) is 22.1. The first-order valence-electron chi connectivity index (χ1n) is 11.2. The predicted molar refractivity (Wildman–Crippen MR) is 115 cm³/mol. The van der Waals surface area contributed by atoms with Crippen molar-refractivity contribution < 1.29 is 19.5 Å². The number of rotatable bonds is 2. The second-order valence-electron chi connectivity index (χ2n) is 9.54. The summed E-state index contributed by atoms with van der Waals surface area (Å²) in [6, 6.07) is 2.77. The van der Waals surface area contributed by atoms with Crippen LogP contribution in [0.15, 0.2) is 12.1 Å². The van der Waals surface area contributed by atoms with Crippen LogP contribution in [-0.4, -0.2) is 45.9 Å². The summed E-state index contributed by atoms with van der Waals surface area (Å²) in [5, 5.41) is 17.0. The van der Waals surface area contributed by atoms with Gasteiger partial charge in [0.25, 0.3) is 0 Å². The van der Waals surface area contributed by atoms with E-state index < -0.39 is 35.4 Å². The fourth-order valence-electron chi connectivity index (χ4n) is 6.24. The molecule has 5 rings (SSSR count). The summed E-state index contributed by atoms with van der Waals surface area (Å²) >= 11 is 6.42. The molecule has 0 aromatic heterocycles. The van der Waals surface area contributed by atoms with E-state index in [4.69, 9.17) is 11.6 Å². The van der Waals surface area contributed by atoms with Crippen molar-refractivity contribution in [3.05, 3.63) is 28.3 Å². The first-order chi connectivity index (χ1) is 14.8. The van der Waals surface area contributed by atoms with E-state index in [-0.39, 0.29) is 17.9 Å². The van der Waals surface area contributed by atoms with Crippen LogP contribution in [0.5, 0.6) is 0 Å². The molecule has 3 amide bonds. The summed E-state index contributed by atoms with van der Waals surface area (Å²) in [6.45, 7) is 3.47. The number of anilines is 1. The zero-order valence-electron chi connectivity index (χ0n) is 17.8. The molecule has 1 aromatic carbocycles. The maximum Gasteiger partial charge on any atom is 0.250 e. The highest BCUT2D eigenvalue weighted by Gasteiger charge is 2.71. The van der Waals surface area contributed by atoms with Gasteiger partial charge < -0.3 is 10.4 Å². The van der Waals surface area contributed by atoms with Crippen molar-refractivity contribution in [2.45, 2.75) is 76.1 Å². The fourth-order valence-corrected chi connectivity index (χ4v) is 6.56. The molecule has 5 atom stereocenters. The van der Waals surface area contributed by atoms with E-state index in [1.807, 2.05) is 13.0 Å². The maximum atomic E-state index is 13.8. The number of hydrogen-bond donors (Lipinski definition) is 3. The number of aryl methyl sites for hydroxylation is 1. The Morgan fingerprint density at radius 2 is 1.81 bits per heavy atom. The van der Waals surface area contributed by atoms with Crippen LogP contribution in [-0.2, 0) is 19.9 Å².